The first-order chi connectivity index (χ1) is 25.6. The van der Waals surface area contributed by atoms with Crippen LogP contribution >= 0.6 is 0 Å². The number of nitrogens with zero attached hydrogens (tertiary/aromatic N) is 4. The lowest BCUT2D eigenvalue weighted by molar-refractivity contribution is 0.0982. The lowest BCUT2D eigenvalue weighted by Crippen LogP contribution is -2.57. The fraction of sp³-hybridized carbons (Fsp3) is 0.275. The summed E-state index contributed by atoms with van der Waals surface area (Å²) >= 11 is 0. The number of rotatable bonds is 10. The van der Waals surface area contributed by atoms with Gasteiger partial charge in [0.1, 0.15) is 28.8 Å². The zero-order chi connectivity index (χ0) is 37.3. The van der Waals surface area contributed by atoms with Crippen LogP contribution in [0.3, 0.4) is 0 Å². The van der Waals surface area contributed by atoms with Gasteiger partial charge in [0, 0.05) is 68.0 Å². The molecule has 2 aromatic carbocycles. The van der Waals surface area contributed by atoms with E-state index in [1.165, 1.54) is 12.1 Å². The van der Waals surface area contributed by atoms with Gasteiger partial charge in [-0.05, 0) is 92.4 Å². The fourth-order valence-corrected chi connectivity index (χ4v) is 6.89. The number of fused-ring (bicyclic) bond motifs is 3. The molecule has 0 atom stereocenters. The molecule has 0 unspecified atom stereocenters. The number of carbonyl (C=O) groups excluding carboxylic acids is 3. The number of aryl methyl sites for hydroxylation is 1. The van der Waals surface area contributed by atoms with Crippen LogP contribution in [0.4, 0.5) is 31.7 Å². The van der Waals surface area contributed by atoms with Crippen molar-refractivity contribution in [2.24, 2.45) is 5.41 Å². The number of hydrogen-bond donors (Lipinski definition) is 2. The third kappa shape index (κ3) is 6.99. The summed E-state index contributed by atoms with van der Waals surface area (Å²) in [6.07, 6.45) is 5.58. The first-order valence-corrected chi connectivity index (χ1v) is 17.4. The molecule has 53 heavy (non-hydrogen) atoms. The molecule has 272 valence electrons. The number of amides is 3. The highest BCUT2D eigenvalue weighted by atomic mass is 19.1. The SMILES string of the molecule is CCC1(CCOC)CN(c2ncc(C)cc2C(=O)Nc2ccc(C(=O)N3CCc4cc(C(=O)Nc5c(F)cccc5F)oc4-c4ncccc43)cc2)C1. The molecule has 7 rings (SSSR count). The molecule has 2 N–H and O–H groups in total. The Balaban J connectivity index is 1.06. The average Bonchev–Trinajstić information content (AvgIpc) is 3.51. The summed E-state index contributed by atoms with van der Waals surface area (Å²) in [5.74, 6) is -2.48. The first-order valence-electron chi connectivity index (χ1n) is 17.4. The number of halogens is 2. The van der Waals surface area contributed by atoms with E-state index in [0.29, 0.717) is 52.6 Å². The Labute approximate surface area is 305 Å². The molecule has 0 spiro atoms. The van der Waals surface area contributed by atoms with Crippen molar-refractivity contribution in [3.63, 3.8) is 0 Å². The number of pyridine rings is 2. The Morgan fingerprint density at radius 3 is 2.43 bits per heavy atom. The number of benzene rings is 2. The van der Waals surface area contributed by atoms with Crippen LogP contribution in [-0.4, -0.2) is 61.0 Å². The lowest BCUT2D eigenvalue weighted by Gasteiger charge is -2.51. The summed E-state index contributed by atoms with van der Waals surface area (Å²) in [6.45, 7) is 6.58. The normalized spacial score (nSPS) is 14.4. The Kier molecular flexibility index (Phi) is 9.76. The van der Waals surface area contributed by atoms with Gasteiger partial charge < -0.3 is 29.6 Å². The number of aromatic nitrogens is 2. The number of furan rings is 1. The van der Waals surface area contributed by atoms with Crippen LogP contribution in [0.2, 0.25) is 0 Å². The average molecular weight is 721 g/mol. The van der Waals surface area contributed by atoms with Gasteiger partial charge >= 0.3 is 0 Å². The molecule has 0 aliphatic carbocycles. The van der Waals surface area contributed by atoms with Crippen molar-refractivity contribution >= 4 is 40.6 Å². The number of anilines is 4. The van der Waals surface area contributed by atoms with Gasteiger partial charge in [0.15, 0.2) is 11.5 Å². The Hall–Kier alpha value is -5.95. The Bertz CT molecular complexity index is 2180. The fourth-order valence-electron chi connectivity index (χ4n) is 6.89. The minimum Gasteiger partial charge on any atom is -0.449 e. The number of hydrogen-bond acceptors (Lipinski definition) is 8. The second kappa shape index (κ2) is 14.6. The van der Waals surface area contributed by atoms with E-state index < -0.39 is 23.2 Å². The molecule has 5 heterocycles. The maximum atomic E-state index is 14.2. The minimum absolute atomic E-state index is 0.133. The van der Waals surface area contributed by atoms with Crippen molar-refractivity contribution in [1.82, 2.24) is 9.97 Å². The molecule has 3 aromatic heterocycles. The summed E-state index contributed by atoms with van der Waals surface area (Å²) in [4.78, 5) is 53.3. The highest BCUT2D eigenvalue weighted by molar-refractivity contribution is 6.10. The van der Waals surface area contributed by atoms with Crippen molar-refractivity contribution in [3.8, 4) is 11.5 Å². The zero-order valence-electron chi connectivity index (χ0n) is 29.5. The van der Waals surface area contributed by atoms with E-state index in [0.717, 1.165) is 43.6 Å². The predicted octanol–water partition coefficient (Wildman–Crippen LogP) is 7.28. The zero-order valence-corrected chi connectivity index (χ0v) is 29.5. The van der Waals surface area contributed by atoms with Crippen molar-refractivity contribution < 1.29 is 32.3 Å². The lowest BCUT2D eigenvalue weighted by atomic mass is 9.74. The topological polar surface area (TPSA) is 130 Å². The molecular weight excluding hydrogens is 682 g/mol. The predicted molar refractivity (Wildman–Crippen MR) is 196 cm³/mol. The summed E-state index contributed by atoms with van der Waals surface area (Å²) in [7, 11) is 1.71. The van der Waals surface area contributed by atoms with E-state index in [1.807, 2.05) is 13.0 Å². The van der Waals surface area contributed by atoms with Crippen molar-refractivity contribution in [1.29, 1.82) is 0 Å². The summed E-state index contributed by atoms with van der Waals surface area (Å²) in [6, 6.07) is 16.7. The number of nitrogens with one attached hydrogen (secondary N) is 2. The quantitative estimate of drug-likeness (QED) is 0.154. The van der Waals surface area contributed by atoms with Crippen LogP contribution in [0, 0.1) is 24.0 Å². The van der Waals surface area contributed by atoms with Crippen LogP contribution in [0.5, 0.6) is 0 Å². The first kappa shape index (κ1) is 35.5. The highest BCUT2D eigenvalue weighted by Crippen LogP contribution is 2.41. The van der Waals surface area contributed by atoms with Gasteiger partial charge in [-0.15, -0.1) is 0 Å². The second-order valence-corrected chi connectivity index (χ2v) is 13.5. The Morgan fingerprint density at radius 1 is 0.962 bits per heavy atom. The van der Waals surface area contributed by atoms with Crippen LogP contribution in [0.15, 0.2) is 83.5 Å². The standard InChI is InChI=1S/C40H38F2N6O5/c1-4-40(15-18-52-3)22-47(23-40)36-28(19-24(2)21-44-36)37(49)45-27-12-10-25(11-13-27)39(51)48-17-14-26-20-32(53-35(26)34-31(48)9-6-16-43-34)38(50)46-33-29(41)7-5-8-30(33)42/h5-13,16,19-21H,4,14-15,17-18,22-23H2,1-3H3,(H,45,49)(H,46,50). The van der Waals surface area contributed by atoms with Crippen LogP contribution in [0.1, 0.15) is 62.2 Å². The van der Waals surface area contributed by atoms with Gasteiger partial charge in [-0.1, -0.05) is 13.0 Å². The van der Waals surface area contributed by atoms with Gasteiger partial charge in [-0.3, -0.25) is 19.4 Å². The molecule has 2 aliphatic heterocycles. The number of methoxy groups -OCH3 is 1. The van der Waals surface area contributed by atoms with Crippen LogP contribution < -0.4 is 20.4 Å². The van der Waals surface area contributed by atoms with Gasteiger partial charge in [-0.2, -0.15) is 0 Å². The molecule has 3 amide bonds. The summed E-state index contributed by atoms with van der Waals surface area (Å²) in [5.41, 5.74) is 3.22. The van der Waals surface area contributed by atoms with Gasteiger partial charge in [0.05, 0.1) is 11.3 Å². The smallest absolute Gasteiger partial charge is 0.291 e. The molecule has 1 fully saturated rings. The molecule has 1 saturated heterocycles. The van der Waals surface area contributed by atoms with Crippen molar-refractivity contribution in [2.75, 3.05) is 53.8 Å². The molecule has 5 aromatic rings. The van der Waals surface area contributed by atoms with Crippen LogP contribution in [0.25, 0.3) is 11.5 Å². The van der Waals surface area contributed by atoms with Crippen molar-refractivity contribution in [3.05, 3.63) is 119 Å². The molecule has 0 saturated carbocycles. The molecule has 13 heteroatoms. The van der Waals surface area contributed by atoms with E-state index in [4.69, 9.17) is 9.15 Å². The second-order valence-electron chi connectivity index (χ2n) is 13.5. The Morgan fingerprint density at radius 2 is 1.72 bits per heavy atom. The highest BCUT2D eigenvalue weighted by Gasteiger charge is 2.42. The van der Waals surface area contributed by atoms with E-state index in [-0.39, 0.29) is 35.3 Å². The van der Waals surface area contributed by atoms with Gasteiger partial charge in [0.25, 0.3) is 17.7 Å². The van der Waals surface area contributed by atoms with Gasteiger partial charge in [0.2, 0.25) is 0 Å². The largest absolute Gasteiger partial charge is 0.449 e. The number of ether oxygens (including phenoxy) is 1. The number of carbonyl (C=O) groups is 3. The molecule has 11 nitrogen and oxygen atoms in total. The minimum atomic E-state index is -0.917. The molecule has 0 radical (unpaired) electrons. The van der Waals surface area contributed by atoms with Crippen LogP contribution in [-0.2, 0) is 11.2 Å². The monoisotopic (exact) mass is 720 g/mol. The molecule has 0 bridgehead atoms. The maximum Gasteiger partial charge on any atom is 0.291 e. The van der Waals surface area contributed by atoms with E-state index >= 15 is 0 Å². The van der Waals surface area contributed by atoms with Gasteiger partial charge in [-0.25, -0.2) is 13.8 Å². The summed E-state index contributed by atoms with van der Waals surface area (Å²) in [5, 5.41) is 5.21. The van der Waals surface area contributed by atoms with E-state index in [1.54, 1.807) is 60.8 Å². The molecule has 2 aliphatic rings. The van der Waals surface area contributed by atoms with Crippen molar-refractivity contribution in [2.45, 2.75) is 33.1 Å². The summed E-state index contributed by atoms with van der Waals surface area (Å²) < 4.78 is 39.6. The maximum absolute atomic E-state index is 14.2. The van der Waals surface area contributed by atoms with E-state index in [9.17, 15) is 23.2 Å². The third-order valence-corrected chi connectivity index (χ3v) is 9.95. The third-order valence-electron chi connectivity index (χ3n) is 9.95. The molecular formula is C40H38F2N6O5. The number of para-hydroxylation sites is 1. The van der Waals surface area contributed by atoms with E-state index in [2.05, 4.69) is 32.4 Å².